The first-order valence-electron chi connectivity index (χ1n) is 8.60. The van der Waals surface area contributed by atoms with Crippen LogP contribution in [-0.2, 0) is 11.4 Å². The Bertz CT molecular complexity index is 939. The molecule has 3 amide bonds. The third kappa shape index (κ3) is 4.65. The van der Waals surface area contributed by atoms with Crippen molar-refractivity contribution in [3.8, 4) is 5.75 Å². The van der Waals surface area contributed by atoms with Gasteiger partial charge in [-0.05, 0) is 81.4 Å². The second kappa shape index (κ2) is 9.21. The minimum absolute atomic E-state index is 0.125. The summed E-state index contributed by atoms with van der Waals surface area (Å²) in [4.78, 5) is 25.5. The summed E-state index contributed by atoms with van der Waals surface area (Å²) in [5, 5.41) is 2.61. The second-order valence-electron chi connectivity index (χ2n) is 6.14. The van der Waals surface area contributed by atoms with Crippen LogP contribution in [0.25, 0.3) is 6.08 Å². The molecule has 0 saturated carbocycles. The molecule has 28 heavy (non-hydrogen) atoms. The Morgan fingerprint density at radius 3 is 2.50 bits per heavy atom. The third-order valence-electron chi connectivity index (χ3n) is 4.07. The first-order valence-corrected chi connectivity index (χ1v) is 10.8. The highest BCUT2D eigenvalue weighted by atomic mass is 127. The first-order chi connectivity index (χ1) is 13.4. The van der Waals surface area contributed by atoms with Crippen molar-refractivity contribution in [3.05, 3.63) is 66.2 Å². The van der Waals surface area contributed by atoms with Crippen LogP contribution in [0.5, 0.6) is 5.75 Å². The van der Waals surface area contributed by atoms with Crippen LogP contribution < -0.4 is 10.1 Å². The second-order valence-corrected chi connectivity index (χ2v) is 8.46. The van der Waals surface area contributed by atoms with Gasteiger partial charge in [0.25, 0.3) is 5.91 Å². The van der Waals surface area contributed by atoms with Crippen LogP contribution in [0.3, 0.4) is 0 Å². The quantitative estimate of drug-likeness (QED) is 0.289. The zero-order valence-corrected chi connectivity index (χ0v) is 19.3. The molecule has 0 aromatic heterocycles. The lowest BCUT2D eigenvalue weighted by Gasteiger charge is -2.12. The number of nitrogens with zero attached hydrogens (tertiary/aromatic N) is 1. The van der Waals surface area contributed by atoms with Gasteiger partial charge < -0.3 is 10.1 Å². The largest absolute Gasteiger partial charge is 0.487 e. The van der Waals surface area contributed by atoms with Gasteiger partial charge in [-0.1, -0.05) is 25.1 Å². The van der Waals surface area contributed by atoms with Crippen molar-refractivity contribution in [2.45, 2.75) is 20.0 Å². The van der Waals surface area contributed by atoms with Crippen molar-refractivity contribution >= 4 is 63.2 Å². The molecule has 1 N–H and O–H groups in total. The third-order valence-corrected chi connectivity index (χ3v) is 5.67. The molecule has 2 aromatic rings. The van der Waals surface area contributed by atoms with E-state index in [1.54, 1.807) is 24.3 Å². The Hall–Kier alpha value is -1.69. The van der Waals surface area contributed by atoms with E-state index in [0.29, 0.717) is 24.3 Å². The number of benzene rings is 2. The smallest absolute Gasteiger partial charge is 0.329 e. The Labute approximate surface area is 189 Å². The summed E-state index contributed by atoms with van der Waals surface area (Å²) < 4.78 is 21.3. The molecule has 3 rings (SSSR count). The number of amides is 3. The van der Waals surface area contributed by atoms with Crippen LogP contribution in [0.1, 0.15) is 24.5 Å². The van der Waals surface area contributed by atoms with Crippen molar-refractivity contribution in [2.75, 3.05) is 6.54 Å². The number of ether oxygens (including phenoxy) is 1. The lowest BCUT2D eigenvalue weighted by atomic mass is 10.2. The van der Waals surface area contributed by atoms with E-state index in [-0.39, 0.29) is 24.0 Å². The molecule has 0 radical (unpaired) electrons. The standard InChI is InChI=1S/C20H17FI2N2O3/c1-2-7-25-19(26)17(24-20(25)27)10-12-8-15(22)18(16(23)9-12)28-11-13-5-3-4-6-14(13)21/h3-6,8-10H,2,7,11H2,1H3,(H,24,27)/b17-10+. The summed E-state index contributed by atoms with van der Waals surface area (Å²) in [6.07, 6.45) is 2.36. The average molecular weight is 606 g/mol. The van der Waals surface area contributed by atoms with E-state index in [1.807, 2.05) is 19.1 Å². The topological polar surface area (TPSA) is 58.6 Å². The van der Waals surface area contributed by atoms with Gasteiger partial charge in [-0.25, -0.2) is 9.18 Å². The number of halogens is 3. The summed E-state index contributed by atoms with van der Waals surface area (Å²) in [6.45, 7) is 2.42. The van der Waals surface area contributed by atoms with Crippen molar-refractivity contribution in [1.82, 2.24) is 10.2 Å². The molecule has 1 aliphatic heterocycles. The van der Waals surface area contributed by atoms with Gasteiger partial charge in [0.1, 0.15) is 23.9 Å². The van der Waals surface area contributed by atoms with E-state index >= 15 is 0 Å². The van der Waals surface area contributed by atoms with Crippen molar-refractivity contribution in [1.29, 1.82) is 0 Å². The van der Waals surface area contributed by atoms with Gasteiger partial charge in [0.2, 0.25) is 0 Å². The maximum Gasteiger partial charge on any atom is 0.329 e. The number of imide groups is 1. The van der Waals surface area contributed by atoms with Crippen LogP contribution in [0, 0.1) is 13.0 Å². The van der Waals surface area contributed by atoms with Gasteiger partial charge in [-0.15, -0.1) is 0 Å². The molecule has 5 nitrogen and oxygen atoms in total. The van der Waals surface area contributed by atoms with E-state index < -0.39 is 6.03 Å². The van der Waals surface area contributed by atoms with Crippen LogP contribution in [-0.4, -0.2) is 23.4 Å². The predicted octanol–water partition coefficient (Wildman–Crippen LogP) is 4.92. The molecule has 146 valence electrons. The number of nitrogens with one attached hydrogen (secondary N) is 1. The molecule has 0 unspecified atom stereocenters. The summed E-state index contributed by atoms with van der Waals surface area (Å²) in [7, 11) is 0. The Kier molecular flexibility index (Phi) is 6.91. The van der Waals surface area contributed by atoms with Crippen molar-refractivity contribution < 1.29 is 18.7 Å². The molecule has 1 aliphatic rings. The van der Waals surface area contributed by atoms with Crippen LogP contribution in [0.4, 0.5) is 9.18 Å². The number of urea groups is 1. The van der Waals surface area contributed by atoms with E-state index in [9.17, 15) is 14.0 Å². The maximum absolute atomic E-state index is 13.8. The lowest BCUT2D eigenvalue weighted by molar-refractivity contribution is -0.122. The molecule has 0 atom stereocenters. The number of carbonyl (C=O) groups is 2. The number of hydrogen-bond donors (Lipinski definition) is 1. The van der Waals surface area contributed by atoms with Crippen LogP contribution >= 0.6 is 45.2 Å². The average Bonchev–Trinajstić information content (AvgIpc) is 2.90. The highest BCUT2D eigenvalue weighted by Crippen LogP contribution is 2.31. The summed E-state index contributed by atoms with van der Waals surface area (Å²) in [5.74, 6) is 0.0266. The lowest BCUT2D eigenvalue weighted by Crippen LogP contribution is -2.31. The zero-order chi connectivity index (χ0) is 20.3. The highest BCUT2D eigenvalue weighted by Gasteiger charge is 2.32. The fraction of sp³-hybridized carbons (Fsp3) is 0.200. The molecule has 2 aromatic carbocycles. The minimum atomic E-state index is -0.396. The van der Waals surface area contributed by atoms with E-state index in [2.05, 4.69) is 50.5 Å². The molecule has 1 fully saturated rings. The number of carbonyl (C=O) groups excluding carboxylic acids is 2. The van der Waals surface area contributed by atoms with E-state index in [4.69, 9.17) is 4.74 Å². The van der Waals surface area contributed by atoms with Crippen molar-refractivity contribution in [2.24, 2.45) is 0 Å². The van der Waals surface area contributed by atoms with Gasteiger partial charge in [0.15, 0.2) is 0 Å². The van der Waals surface area contributed by atoms with Gasteiger partial charge in [0, 0.05) is 12.1 Å². The van der Waals surface area contributed by atoms with Gasteiger partial charge in [-0.3, -0.25) is 9.69 Å². The molecule has 1 saturated heterocycles. The molecule has 0 bridgehead atoms. The Morgan fingerprint density at radius 2 is 1.86 bits per heavy atom. The SMILES string of the molecule is CCCN1C(=O)N/C(=C/c2cc(I)c(OCc3ccccc3F)c(I)c2)C1=O. The van der Waals surface area contributed by atoms with Gasteiger partial charge in [0.05, 0.1) is 7.14 Å². The summed E-state index contributed by atoms with van der Waals surface area (Å²) in [5.41, 5.74) is 1.51. The monoisotopic (exact) mass is 606 g/mol. The molecule has 0 aliphatic carbocycles. The zero-order valence-electron chi connectivity index (χ0n) is 15.0. The van der Waals surface area contributed by atoms with E-state index in [0.717, 1.165) is 12.7 Å². The molecular weight excluding hydrogens is 589 g/mol. The van der Waals surface area contributed by atoms with E-state index in [1.165, 1.54) is 11.0 Å². The Morgan fingerprint density at radius 1 is 1.18 bits per heavy atom. The molecular formula is C20H17FI2N2O3. The predicted molar refractivity (Wildman–Crippen MR) is 121 cm³/mol. The highest BCUT2D eigenvalue weighted by molar-refractivity contribution is 14.1. The fourth-order valence-electron chi connectivity index (χ4n) is 2.73. The summed E-state index contributed by atoms with van der Waals surface area (Å²) in [6, 6.07) is 9.81. The maximum atomic E-state index is 13.8. The van der Waals surface area contributed by atoms with Crippen LogP contribution in [0.15, 0.2) is 42.1 Å². The molecule has 0 spiro atoms. The minimum Gasteiger partial charge on any atom is -0.487 e. The molecule has 8 heteroatoms. The fourth-order valence-corrected chi connectivity index (χ4v) is 4.86. The first kappa shape index (κ1) is 21.0. The summed E-state index contributed by atoms with van der Waals surface area (Å²) >= 11 is 4.28. The van der Waals surface area contributed by atoms with Crippen LogP contribution in [0.2, 0.25) is 0 Å². The van der Waals surface area contributed by atoms with Gasteiger partial charge in [-0.2, -0.15) is 0 Å². The number of rotatable bonds is 6. The van der Waals surface area contributed by atoms with Crippen molar-refractivity contribution in [3.63, 3.8) is 0 Å². The molecule has 1 heterocycles. The normalized spacial score (nSPS) is 15.3. The van der Waals surface area contributed by atoms with Gasteiger partial charge >= 0.3 is 6.03 Å². The number of hydrogen-bond acceptors (Lipinski definition) is 3. The Balaban J connectivity index is 1.79.